The summed E-state index contributed by atoms with van der Waals surface area (Å²) in [4.78, 5) is 9.79. The monoisotopic (exact) mass is 164 g/mol. The van der Waals surface area contributed by atoms with Gasteiger partial charge in [0.1, 0.15) is 6.29 Å². The topological polar surface area (TPSA) is 54.4 Å². The van der Waals surface area contributed by atoms with E-state index in [1.54, 1.807) is 0 Å². The van der Waals surface area contributed by atoms with Crippen LogP contribution < -0.4 is 0 Å². The highest BCUT2D eigenvalue weighted by atomic mass is 32.2. The van der Waals surface area contributed by atoms with Crippen molar-refractivity contribution in [3.63, 3.8) is 0 Å². The molecule has 0 spiro atoms. The number of hydrogen-bond acceptors (Lipinski definition) is 2. The molecule has 3 nitrogen and oxygen atoms in total. The summed E-state index contributed by atoms with van der Waals surface area (Å²) in [5.41, 5.74) is 0. The van der Waals surface area contributed by atoms with E-state index in [4.69, 9.17) is 4.55 Å². The Labute approximate surface area is 63.1 Å². The Balaban J connectivity index is 2.90. The molecule has 1 N–H and O–H groups in total. The van der Waals surface area contributed by atoms with Crippen LogP contribution in [0.3, 0.4) is 0 Å². The molecule has 0 heterocycles. The van der Waals surface area contributed by atoms with Crippen LogP contribution in [0, 0.1) is 0 Å². The van der Waals surface area contributed by atoms with Crippen molar-refractivity contribution < 1.29 is 13.6 Å². The zero-order chi connectivity index (χ0) is 7.82. The highest BCUT2D eigenvalue weighted by Gasteiger charge is 1.92. The second-order valence-corrected chi connectivity index (χ2v) is 3.09. The van der Waals surface area contributed by atoms with Crippen LogP contribution in [0.15, 0.2) is 0 Å². The van der Waals surface area contributed by atoms with E-state index in [0.717, 1.165) is 25.5 Å². The third-order valence-corrected chi connectivity index (χ3v) is 1.78. The van der Waals surface area contributed by atoms with E-state index in [9.17, 15) is 9.00 Å². The minimum absolute atomic E-state index is 0.332. The number of unbranched alkanes of at least 4 members (excludes halogenated alkanes) is 3. The summed E-state index contributed by atoms with van der Waals surface area (Å²) in [7, 11) is 0. The first-order chi connectivity index (χ1) is 4.77. The maximum absolute atomic E-state index is 10.1. The zero-order valence-electron chi connectivity index (χ0n) is 5.78. The van der Waals surface area contributed by atoms with Crippen LogP contribution in [0.2, 0.25) is 0 Å². The SMILES string of the molecule is O=CCCCCCS(=O)O. The van der Waals surface area contributed by atoms with Gasteiger partial charge in [0.2, 0.25) is 0 Å². The highest BCUT2D eigenvalue weighted by Crippen LogP contribution is 1.97. The molecule has 0 rings (SSSR count). The number of carbonyl (C=O) groups is 1. The fourth-order valence-electron chi connectivity index (χ4n) is 0.630. The molecule has 1 unspecified atom stereocenters. The van der Waals surface area contributed by atoms with E-state index >= 15 is 0 Å². The Morgan fingerprint density at radius 2 is 2.00 bits per heavy atom. The van der Waals surface area contributed by atoms with Crippen molar-refractivity contribution in [3.05, 3.63) is 0 Å². The third-order valence-electron chi connectivity index (χ3n) is 1.14. The predicted molar refractivity (Wildman–Crippen MR) is 40.2 cm³/mol. The van der Waals surface area contributed by atoms with Crippen molar-refractivity contribution in [1.82, 2.24) is 0 Å². The molecule has 0 bridgehead atoms. The lowest BCUT2D eigenvalue weighted by Crippen LogP contribution is -1.94. The van der Waals surface area contributed by atoms with E-state index in [2.05, 4.69) is 0 Å². The number of rotatable bonds is 6. The van der Waals surface area contributed by atoms with E-state index in [0.29, 0.717) is 12.2 Å². The van der Waals surface area contributed by atoms with Crippen molar-refractivity contribution in [2.75, 3.05) is 5.75 Å². The third kappa shape index (κ3) is 7.78. The predicted octanol–water partition coefficient (Wildman–Crippen LogP) is 0.967. The zero-order valence-corrected chi connectivity index (χ0v) is 6.60. The highest BCUT2D eigenvalue weighted by molar-refractivity contribution is 7.79. The van der Waals surface area contributed by atoms with Gasteiger partial charge in [0.05, 0.1) is 0 Å². The van der Waals surface area contributed by atoms with Gasteiger partial charge in [0, 0.05) is 12.2 Å². The summed E-state index contributed by atoms with van der Waals surface area (Å²) in [6.07, 6.45) is 3.87. The van der Waals surface area contributed by atoms with Crippen molar-refractivity contribution >= 4 is 17.4 Å². The summed E-state index contributed by atoms with van der Waals surface area (Å²) in [6.45, 7) is 0. The van der Waals surface area contributed by atoms with Gasteiger partial charge in [-0.1, -0.05) is 6.42 Å². The van der Waals surface area contributed by atoms with Crippen LogP contribution in [-0.2, 0) is 15.9 Å². The van der Waals surface area contributed by atoms with Gasteiger partial charge in [0.25, 0.3) is 0 Å². The Kier molecular flexibility index (Phi) is 6.74. The molecule has 0 aliphatic rings. The Morgan fingerprint density at radius 1 is 1.30 bits per heavy atom. The largest absolute Gasteiger partial charge is 0.306 e. The average molecular weight is 164 g/mol. The molecule has 0 amide bonds. The molecular weight excluding hydrogens is 152 g/mol. The summed E-state index contributed by atoms with van der Waals surface area (Å²) in [5, 5.41) is 0. The van der Waals surface area contributed by atoms with E-state index in [1.165, 1.54) is 0 Å². The number of aldehydes is 1. The van der Waals surface area contributed by atoms with Gasteiger partial charge in [-0.3, -0.25) is 0 Å². The van der Waals surface area contributed by atoms with Gasteiger partial charge in [-0.2, -0.15) is 0 Å². The summed E-state index contributed by atoms with van der Waals surface area (Å²) < 4.78 is 18.4. The molecule has 1 atom stereocenters. The van der Waals surface area contributed by atoms with Gasteiger partial charge in [-0.15, -0.1) is 0 Å². The first-order valence-corrected chi connectivity index (χ1v) is 4.56. The average Bonchev–Trinajstić information content (AvgIpc) is 1.87. The molecule has 0 aliphatic heterocycles. The Morgan fingerprint density at radius 3 is 2.50 bits per heavy atom. The maximum atomic E-state index is 10.1. The van der Waals surface area contributed by atoms with Crippen LogP contribution >= 0.6 is 0 Å². The summed E-state index contributed by atoms with van der Waals surface area (Å²) in [5.74, 6) is 0.332. The van der Waals surface area contributed by atoms with E-state index in [1.807, 2.05) is 0 Å². The molecule has 0 saturated carbocycles. The lowest BCUT2D eigenvalue weighted by Gasteiger charge is -1.93. The summed E-state index contributed by atoms with van der Waals surface area (Å²) in [6, 6.07) is 0. The lowest BCUT2D eigenvalue weighted by atomic mass is 10.2. The fourth-order valence-corrected chi connectivity index (χ4v) is 1.08. The second kappa shape index (κ2) is 6.89. The molecule has 4 heteroatoms. The molecule has 0 aromatic heterocycles. The van der Waals surface area contributed by atoms with Crippen molar-refractivity contribution in [2.45, 2.75) is 25.7 Å². The Bertz CT molecular complexity index is 114. The van der Waals surface area contributed by atoms with Crippen LogP contribution in [0.5, 0.6) is 0 Å². The second-order valence-electron chi connectivity index (χ2n) is 2.04. The molecular formula is C6H12O3S. The maximum Gasteiger partial charge on any atom is 0.152 e. The van der Waals surface area contributed by atoms with Crippen molar-refractivity contribution in [3.8, 4) is 0 Å². The van der Waals surface area contributed by atoms with Gasteiger partial charge in [-0.05, 0) is 12.8 Å². The van der Waals surface area contributed by atoms with Gasteiger partial charge < -0.3 is 9.35 Å². The molecule has 0 radical (unpaired) electrons. The Hall–Kier alpha value is -0.220. The van der Waals surface area contributed by atoms with Gasteiger partial charge >= 0.3 is 0 Å². The molecule has 0 aliphatic carbocycles. The van der Waals surface area contributed by atoms with E-state index in [-0.39, 0.29) is 0 Å². The van der Waals surface area contributed by atoms with E-state index < -0.39 is 11.1 Å². The molecule has 0 aromatic carbocycles. The number of carbonyl (C=O) groups excluding carboxylic acids is 1. The first-order valence-electron chi connectivity index (χ1n) is 3.28. The van der Waals surface area contributed by atoms with Crippen molar-refractivity contribution in [1.29, 1.82) is 0 Å². The van der Waals surface area contributed by atoms with Crippen molar-refractivity contribution in [2.24, 2.45) is 0 Å². The smallest absolute Gasteiger partial charge is 0.152 e. The minimum atomic E-state index is -1.66. The normalized spacial score (nSPS) is 12.9. The quantitative estimate of drug-likeness (QED) is 0.361. The molecule has 10 heavy (non-hydrogen) atoms. The van der Waals surface area contributed by atoms with Crippen LogP contribution in [0.25, 0.3) is 0 Å². The first kappa shape index (κ1) is 9.78. The standard InChI is InChI=1S/C6H12O3S/c7-5-3-1-2-4-6-10(8)9/h5H,1-4,6H2,(H,8,9). The van der Waals surface area contributed by atoms with Gasteiger partial charge in [-0.25, -0.2) is 4.21 Å². The number of hydrogen-bond donors (Lipinski definition) is 1. The lowest BCUT2D eigenvalue weighted by molar-refractivity contribution is -0.107. The molecule has 0 saturated heterocycles. The summed E-state index contributed by atoms with van der Waals surface area (Å²) >= 11 is -1.66. The molecule has 0 fully saturated rings. The van der Waals surface area contributed by atoms with Gasteiger partial charge in [0.15, 0.2) is 11.1 Å². The minimum Gasteiger partial charge on any atom is -0.306 e. The van der Waals surface area contributed by atoms with Crippen LogP contribution in [0.1, 0.15) is 25.7 Å². The van der Waals surface area contributed by atoms with Crippen LogP contribution in [0.4, 0.5) is 0 Å². The molecule has 0 aromatic rings. The van der Waals surface area contributed by atoms with Crippen LogP contribution in [-0.4, -0.2) is 20.8 Å². The molecule has 60 valence electrons. The fraction of sp³-hybridized carbons (Fsp3) is 0.833.